The number of fused-ring (bicyclic) bond motifs is 2. The molecular weight excluding hydrogens is 896 g/mol. The molecule has 60 heavy (non-hydrogen) atoms. The molecule has 0 spiro atoms. The average Bonchev–Trinajstić information content (AvgIpc) is 3.96. The van der Waals surface area contributed by atoms with E-state index in [9.17, 15) is 28.0 Å². The number of aromatic nitrogens is 8. The number of ether oxygens (including phenoxy) is 2. The van der Waals surface area contributed by atoms with Crippen LogP contribution in [0, 0.1) is 13.8 Å². The number of halogens is 6. The van der Waals surface area contributed by atoms with Gasteiger partial charge < -0.3 is 25.5 Å². The number of carbonyl (C=O) groups is 4. The molecule has 0 saturated heterocycles. The molecule has 326 valence electrons. The molecule has 0 fully saturated rings. The fourth-order valence-corrected chi connectivity index (χ4v) is 6.94. The van der Waals surface area contributed by atoms with Gasteiger partial charge in [0.25, 0.3) is 17.7 Å². The Morgan fingerprint density at radius 2 is 1.30 bits per heavy atom. The van der Waals surface area contributed by atoms with E-state index in [0.717, 1.165) is 11.3 Å². The summed E-state index contributed by atoms with van der Waals surface area (Å²) in [6.45, 7) is 4.57. The van der Waals surface area contributed by atoms with E-state index in [0.29, 0.717) is 46.0 Å². The van der Waals surface area contributed by atoms with Gasteiger partial charge in [-0.05, 0) is 58.0 Å². The van der Waals surface area contributed by atoms with E-state index in [-0.39, 0.29) is 109 Å². The Hall–Kier alpha value is -5.32. The highest BCUT2D eigenvalue weighted by molar-refractivity contribution is 7.20. The Labute approximate surface area is 369 Å². The number of allylic oxidation sites excluding steroid dienone is 2. The zero-order valence-corrected chi connectivity index (χ0v) is 36.4. The number of rotatable bonds is 17. The van der Waals surface area contributed by atoms with E-state index in [1.54, 1.807) is 58.0 Å². The van der Waals surface area contributed by atoms with Gasteiger partial charge in [-0.15, -0.1) is 61.0 Å². The van der Waals surface area contributed by atoms with Gasteiger partial charge in [-0.25, -0.2) is 9.97 Å². The molecule has 0 saturated carbocycles. The first-order valence-electron chi connectivity index (χ1n) is 17.3. The number of anilines is 2. The molecule has 6 N–H and O–H groups in total. The SMILES string of the molecule is CCn1nc(C)cc1C(=O)Nc1nc2cc(C(N)=O)sc2n1C/C=C/Cn1c(NC(=O)c2cc(C)nn2CC)nc2cc(C(N)=O)cc(OCCOC(F)F)c21.Cl.Cl.Cl.Cl. The monoisotopic (exact) mass is 936 g/mol. The zero-order chi connectivity index (χ0) is 40.3. The zero-order valence-electron chi connectivity index (χ0n) is 32.3. The highest BCUT2D eigenvalue weighted by Gasteiger charge is 2.23. The lowest BCUT2D eigenvalue weighted by Gasteiger charge is -2.13. The van der Waals surface area contributed by atoms with Crippen LogP contribution in [-0.2, 0) is 30.9 Å². The molecule has 4 amide bonds. The number of thiophene rings is 1. The Morgan fingerprint density at radius 1 is 0.767 bits per heavy atom. The third-order valence-electron chi connectivity index (χ3n) is 8.40. The maximum atomic E-state index is 13.6. The fourth-order valence-electron chi connectivity index (χ4n) is 5.98. The second-order valence-corrected chi connectivity index (χ2v) is 13.3. The van der Waals surface area contributed by atoms with Gasteiger partial charge in [0, 0.05) is 31.7 Å². The molecule has 0 aliphatic rings. The van der Waals surface area contributed by atoms with Crippen molar-refractivity contribution in [3.63, 3.8) is 0 Å². The maximum Gasteiger partial charge on any atom is 0.345 e. The summed E-state index contributed by atoms with van der Waals surface area (Å²) < 4.78 is 42.0. The van der Waals surface area contributed by atoms with E-state index in [1.807, 2.05) is 13.8 Å². The highest BCUT2D eigenvalue weighted by atomic mass is 35.5. The smallest absolute Gasteiger partial charge is 0.345 e. The first-order valence-corrected chi connectivity index (χ1v) is 18.1. The molecule has 0 unspecified atom stereocenters. The molecular formula is C35H42Cl4F2N12O6S. The van der Waals surface area contributed by atoms with Crippen LogP contribution in [0.5, 0.6) is 5.75 Å². The van der Waals surface area contributed by atoms with Gasteiger partial charge in [-0.1, -0.05) is 12.2 Å². The van der Waals surface area contributed by atoms with Crippen LogP contribution in [0.1, 0.15) is 66.2 Å². The molecule has 0 radical (unpaired) electrons. The second-order valence-electron chi connectivity index (χ2n) is 12.3. The molecule has 0 atom stereocenters. The van der Waals surface area contributed by atoms with Crippen LogP contribution in [0.15, 0.2) is 42.5 Å². The lowest BCUT2D eigenvalue weighted by atomic mass is 10.1. The van der Waals surface area contributed by atoms with Crippen molar-refractivity contribution in [3.8, 4) is 5.75 Å². The van der Waals surface area contributed by atoms with Crippen molar-refractivity contribution in [2.24, 2.45) is 11.5 Å². The first kappa shape index (κ1) is 50.8. The lowest BCUT2D eigenvalue weighted by molar-refractivity contribution is -0.133. The van der Waals surface area contributed by atoms with Crippen LogP contribution < -0.4 is 26.8 Å². The van der Waals surface area contributed by atoms with Gasteiger partial charge in [-0.3, -0.25) is 43.7 Å². The lowest BCUT2D eigenvalue weighted by Crippen LogP contribution is -2.20. The molecule has 0 aliphatic heterocycles. The number of benzene rings is 1. The summed E-state index contributed by atoms with van der Waals surface area (Å²) in [5.74, 6) is -2.01. The number of hydrogen-bond acceptors (Lipinski definition) is 11. The molecule has 25 heteroatoms. The average molecular weight is 939 g/mol. The number of nitrogens with one attached hydrogen (secondary N) is 2. The second kappa shape index (κ2) is 21.8. The number of carbonyl (C=O) groups excluding carboxylic acids is 4. The number of hydrogen-bond donors (Lipinski definition) is 4. The van der Waals surface area contributed by atoms with Crippen LogP contribution in [0.3, 0.4) is 0 Å². The van der Waals surface area contributed by atoms with Crippen molar-refractivity contribution < 1.29 is 37.4 Å². The van der Waals surface area contributed by atoms with Crippen LogP contribution in [0.4, 0.5) is 20.7 Å². The summed E-state index contributed by atoms with van der Waals surface area (Å²) >= 11 is 1.12. The van der Waals surface area contributed by atoms with Gasteiger partial charge in [0.2, 0.25) is 17.8 Å². The minimum Gasteiger partial charge on any atom is -0.489 e. The summed E-state index contributed by atoms with van der Waals surface area (Å²) in [5.41, 5.74) is 14.1. The molecule has 6 rings (SSSR count). The summed E-state index contributed by atoms with van der Waals surface area (Å²) in [7, 11) is 0. The number of primary amides is 2. The molecule has 5 aromatic heterocycles. The van der Waals surface area contributed by atoms with Crippen molar-refractivity contribution in [3.05, 3.63) is 75.7 Å². The molecule has 5 heterocycles. The Morgan fingerprint density at radius 3 is 1.82 bits per heavy atom. The van der Waals surface area contributed by atoms with Crippen LogP contribution in [-0.4, -0.2) is 82.1 Å². The van der Waals surface area contributed by atoms with Gasteiger partial charge in [0.05, 0.1) is 28.4 Å². The minimum atomic E-state index is -3.01. The number of nitrogens with two attached hydrogens (primary N) is 2. The van der Waals surface area contributed by atoms with Crippen LogP contribution in [0.2, 0.25) is 0 Å². The van der Waals surface area contributed by atoms with Gasteiger partial charge in [0.15, 0.2) is 0 Å². The van der Waals surface area contributed by atoms with Crippen LogP contribution in [0.25, 0.3) is 21.4 Å². The Balaban J connectivity index is 0.00000310. The van der Waals surface area contributed by atoms with Gasteiger partial charge in [0.1, 0.15) is 39.6 Å². The normalized spacial score (nSPS) is 10.9. The number of aryl methyl sites for hydroxylation is 4. The Kier molecular flexibility index (Phi) is 18.5. The van der Waals surface area contributed by atoms with E-state index in [1.165, 1.54) is 16.8 Å². The summed E-state index contributed by atoms with van der Waals surface area (Å²) in [4.78, 5) is 61.3. The van der Waals surface area contributed by atoms with Gasteiger partial charge in [-0.2, -0.15) is 19.0 Å². The molecule has 1 aromatic carbocycles. The summed E-state index contributed by atoms with van der Waals surface area (Å²) in [5, 5.41) is 14.4. The number of imidazole rings is 2. The maximum absolute atomic E-state index is 13.6. The topological polar surface area (TPSA) is 234 Å². The standard InChI is InChI=1S/C35H38F2N12O6S.4ClH/c1-5-48-23(13-18(3)44-48)30(52)42-34-40-21-15-20(28(38)50)16-25(54-11-12-55-33(36)37)27(21)46(34)9-7-8-10-47-32-22(17-26(56-32)29(39)51)41-35(47)43-31(53)24-14-19(4)45-49(24)6-2;;;;/h7-8,13-17,33H,5-6,9-12H2,1-4H3,(H2,38,50)(H2,39,51)(H,40,42,52)(H,41,43,53);4*1H/b8-7+;;;;. The predicted octanol–water partition coefficient (Wildman–Crippen LogP) is 5.76. The first-order chi connectivity index (χ1) is 26.8. The molecule has 0 aliphatic carbocycles. The molecule has 0 bridgehead atoms. The fraction of sp³-hybridized carbons (Fsp3) is 0.314. The van der Waals surface area contributed by atoms with E-state index < -0.39 is 36.8 Å². The van der Waals surface area contributed by atoms with Crippen molar-refractivity contribution in [2.45, 2.75) is 60.5 Å². The van der Waals surface area contributed by atoms with Gasteiger partial charge >= 0.3 is 6.61 Å². The van der Waals surface area contributed by atoms with E-state index >= 15 is 0 Å². The quantitative estimate of drug-likeness (QED) is 0.0638. The highest BCUT2D eigenvalue weighted by Crippen LogP contribution is 2.32. The van der Waals surface area contributed by atoms with Crippen molar-refractivity contribution in [2.75, 3.05) is 23.8 Å². The van der Waals surface area contributed by atoms with Crippen molar-refractivity contribution >= 4 is 118 Å². The number of alkyl halides is 2. The Bertz CT molecular complexity index is 2520. The van der Waals surface area contributed by atoms with Crippen molar-refractivity contribution in [1.29, 1.82) is 0 Å². The summed E-state index contributed by atoms with van der Waals surface area (Å²) in [6.07, 6.45) is 3.51. The van der Waals surface area contributed by atoms with Crippen LogP contribution >= 0.6 is 61.0 Å². The minimum absolute atomic E-state index is 0. The third kappa shape index (κ3) is 11.1. The van der Waals surface area contributed by atoms with E-state index in [4.69, 9.17) is 16.2 Å². The predicted molar refractivity (Wildman–Crippen MR) is 231 cm³/mol. The number of nitrogens with zero attached hydrogens (tertiary/aromatic N) is 8. The molecule has 18 nitrogen and oxygen atoms in total. The summed E-state index contributed by atoms with van der Waals surface area (Å²) in [6, 6.07) is 7.62. The largest absolute Gasteiger partial charge is 0.489 e. The molecule has 6 aromatic rings. The third-order valence-corrected chi connectivity index (χ3v) is 9.56. The van der Waals surface area contributed by atoms with Crippen molar-refractivity contribution in [1.82, 2.24) is 38.7 Å². The number of amides is 4. The van der Waals surface area contributed by atoms with E-state index in [2.05, 4.69) is 35.5 Å².